The molecule has 4 heterocycles. The smallest absolute Gasteiger partial charge is 0.229 e. The predicted molar refractivity (Wildman–Crippen MR) is 153 cm³/mol. The molecule has 1 saturated heterocycles. The van der Waals surface area contributed by atoms with E-state index in [1.54, 1.807) is 13.2 Å². The fraction of sp³-hybridized carbons (Fsp3) is 0.467. The summed E-state index contributed by atoms with van der Waals surface area (Å²) in [6, 6.07) is 6.98. The van der Waals surface area contributed by atoms with E-state index in [1.165, 1.54) is 6.07 Å². The minimum Gasteiger partial charge on any atom is -0.384 e. The Bertz CT molecular complexity index is 1460. The summed E-state index contributed by atoms with van der Waals surface area (Å²) >= 11 is 0. The third-order valence-electron chi connectivity index (χ3n) is 7.91. The number of nitrogens with zero attached hydrogens (tertiary/aromatic N) is 6. The molecule has 1 atom stereocenters. The van der Waals surface area contributed by atoms with Crippen LogP contribution in [0.4, 0.5) is 20.5 Å². The molecule has 8 nitrogen and oxygen atoms in total. The van der Waals surface area contributed by atoms with Gasteiger partial charge in [0, 0.05) is 30.8 Å². The number of piperidine rings is 1. The fourth-order valence-electron chi connectivity index (χ4n) is 5.86. The molecule has 1 unspecified atom stereocenters. The highest BCUT2D eigenvalue weighted by molar-refractivity contribution is 5.83. The zero-order valence-corrected chi connectivity index (χ0v) is 23.8. The summed E-state index contributed by atoms with van der Waals surface area (Å²) in [5.74, 6) is 1.05. The normalized spacial score (nSPS) is 15.7. The quantitative estimate of drug-likeness (QED) is 0.264. The van der Waals surface area contributed by atoms with Gasteiger partial charge in [0.1, 0.15) is 22.9 Å². The summed E-state index contributed by atoms with van der Waals surface area (Å²) < 4.78 is 37.4. The Morgan fingerprint density at radius 2 is 1.82 bits per heavy atom. The van der Waals surface area contributed by atoms with Crippen LogP contribution in [0.3, 0.4) is 0 Å². The Balaban J connectivity index is 1.38. The molecule has 0 aliphatic carbocycles. The molecule has 1 aromatic carbocycles. The predicted octanol–water partition coefficient (Wildman–Crippen LogP) is 6.26. The largest absolute Gasteiger partial charge is 0.384 e. The van der Waals surface area contributed by atoms with Crippen molar-refractivity contribution in [3.63, 3.8) is 0 Å². The lowest BCUT2D eigenvalue weighted by molar-refractivity contribution is 0.116. The number of methoxy groups -OCH3 is 1. The van der Waals surface area contributed by atoms with Crippen molar-refractivity contribution in [2.45, 2.75) is 52.5 Å². The minimum absolute atomic E-state index is 0.00246. The van der Waals surface area contributed by atoms with Crippen molar-refractivity contribution in [2.75, 3.05) is 38.7 Å². The topological polar surface area (TPSA) is 81.0 Å². The number of halogens is 2. The molecule has 1 N–H and O–H groups in total. The first-order valence-corrected chi connectivity index (χ1v) is 13.9. The Morgan fingerprint density at radius 3 is 2.48 bits per heavy atom. The average molecular weight is 550 g/mol. The number of aromatic nitrogens is 5. The number of nitrogens with one attached hydrogen (secondary N) is 1. The number of anilines is 2. The van der Waals surface area contributed by atoms with Gasteiger partial charge in [-0.15, -0.1) is 0 Å². The van der Waals surface area contributed by atoms with Crippen LogP contribution in [0.5, 0.6) is 0 Å². The summed E-state index contributed by atoms with van der Waals surface area (Å²) in [5.41, 5.74) is 2.30. The molecule has 0 radical (unpaired) electrons. The highest BCUT2D eigenvalue weighted by Gasteiger charge is 2.27. The SMILES string of the molecule is CCN1CCC(C(COC)c2ccc(Nc3ncc(F)c(-c4cc(F)c5nc(C)n(C(C)C)c5c4)n3)nc2)CC1. The molecule has 212 valence electrons. The molecule has 1 aliphatic rings. The molecule has 1 aliphatic heterocycles. The third kappa shape index (κ3) is 5.69. The van der Waals surface area contributed by atoms with Gasteiger partial charge in [-0.2, -0.15) is 0 Å². The second-order valence-corrected chi connectivity index (χ2v) is 10.8. The van der Waals surface area contributed by atoms with Gasteiger partial charge in [0.05, 0.1) is 18.3 Å². The van der Waals surface area contributed by atoms with Crippen LogP contribution in [0.25, 0.3) is 22.3 Å². The number of fused-ring (bicyclic) bond motifs is 1. The Hall–Kier alpha value is -3.50. The number of hydrogen-bond acceptors (Lipinski definition) is 7. The van der Waals surface area contributed by atoms with E-state index in [9.17, 15) is 4.39 Å². The van der Waals surface area contributed by atoms with Crippen LogP contribution in [-0.4, -0.2) is 62.8 Å². The maximum Gasteiger partial charge on any atom is 0.229 e. The summed E-state index contributed by atoms with van der Waals surface area (Å²) in [4.78, 5) is 19.9. The van der Waals surface area contributed by atoms with E-state index in [0.29, 0.717) is 35.2 Å². The Kier molecular flexibility index (Phi) is 8.37. The van der Waals surface area contributed by atoms with Gasteiger partial charge in [0.25, 0.3) is 0 Å². The molecule has 5 rings (SSSR count). The lowest BCUT2D eigenvalue weighted by atomic mass is 9.81. The molecule has 40 heavy (non-hydrogen) atoms. The van der Waals surface area contributed by atoms with E-state index in [0.717, 1.165) is 44.2 Å². The number of rotatable bonds is 9. The zero-order chi connectivity index (χ0) is 28.4. The Morgan fingerprint density at radius 1 is 1.05 bits per heavy atom. The number of aryl methyl sites for hydroxylation is 1. The van der Waals surface area contributed by atoms with E-state index in [1.807, 2.05) is 43.7 Å². The van der Waals surface area contributed by atoms with Crippen LogP contribution in [0.15, 0.2) is 36.7 Å². The van der Waals surface area contributed by atoms with Crippen molar-refractivity contribution in [1.82, 2.24) is 29.4 Å². The van der Waals surface area contributed by atoms with Crippen molar-refractivity contribution in [3.8, 4) is 11.3 Å². The number of imidazole rings is 1. The van der Waals surface area contributed by atoms with Crippen LogP contribution >= 0.6 is 0 Å². The number of hydrogen-bond donors (Lipinski definition) is 1. The summed E-state index contributed by atoms with van der Waals surface area (Å²) in [5, 5.41) is 3.07. The van der Waals surface area contributed by atoms with Gasteiger partial charge in [-0.05, 0) is 82.9 Å². The maximum atomic E-state index is 15.0. The highest BCUT2D eigenvalue weighted by atomic mass is 19.1. The van der Waals surface area contributed by atoms with Crippen molar-refractivity contribution >= 4 is 22.8 Å². The van der Waals surface area contributed by atoms with Crippen LogP contribution in [0, 0.1) is 24.5 Å². The van der Waals surface area contributed by atoms with Gasteiger partial charge in [0.15, 0.2) is 11.6 Å². The summed E-state index contributed by atoms with van der Waals surface area (Å²) in [7, 11) is 1.74. The summed E-state index contributed by atoms with van der Waals surface area (Å²) in [6.45, 7) is 12.0. The highest BCUT2D eigenvalue weighted by Crippen LogP contribution is 2.34. The van der Waals surface area contributed by atoms with Crippen molar-refractivity contribution in [3.05, 3.63) is 59.7 Å². The van der Waals surface area contributed by atoms with E-state index >= 15 is 4.39 Å². The van der Waals surface area contributed by atoms with Crippen molar-refractivity contribution in [1.29, 1.82) is 0 Å². The molecule has 10 heteroatoms. The first-order chi connectivity index (χ1) is 19.3. The van der Waals surface area contributed by atoms with Crippen LogP contribution in [-0.2, 0) is 4.74 Å². The fourth-order valence-corrected chi connectivity index (χ4v) is 5.86. The molecule has 3 aromatic heterocycles. The van der Waals surface area contributed by atoms with Gasteiger partial charge in [-0.3, -0.25) is 0 Å². The van der Waals surface area contributed by atoms with Gasteiger partial charge in [-0.1, -0.05) is 13.0 Å². The number of benzene rings is 1. The van der Waals surface area contributed by atoms with E-state index in [-0.39, 0.29) is 29.1 Å². The number of pyridine rings is 1. The molecule has 0 saturated carbocycles. The second kappa shape index (κ2) is 11.9. The van der Waals surface area contributed by atoms with E-state index < -0.39 is 11.6 Å². The first-order valence-electron chi connectivity index (χ1n) is 13.9. The van der Waals surface area contributed by atoms with Crippen LogP contribution in [0.1, 0.15) is 57.0 Å². The number of likely N-dealkylation sites (tertiary alicyclic amines) is 1. The third-order valence-corrected chi connectivity index (χ3v) is 7.91. The molecular formula is C30H37F2N7O. The molecular weight excluding hydrogens is 512 g/mol. The molecule has 0 bridgehead atoms. The molecule has 0 amide bonds. The molecule has 1 fully saturated rings. The number of ether oxygens (including phenoxy) is 1. The lowest BCUT2D eigenvalue weighted by Gasteiger charge is -2.35. The maximum absolute atomic E-state index is 15.0. The minimum atomic E-state index is -0.642. The van der Waals surface area contributed by atoms with Gasteiger partial charge in [0.2, 0.25) is 5.95 Å². The zero-order valence-electron chi connectivity index (χ0n) is 23.8. The monoisotopic (exact) mass is 549 g/mol. The average Bonchev–Trinajstić information content (AvgIpc) is 3.30. The molecule has 4 aromatic rings. The van der Waals surface area contributed by atoms with Crippen molar-refractivity contribution < 1.29 is 13.5 Å². The first kappa shape index (κ1) is 28.0. The standard InChI is InChI=1S/C30H37F2N7O/c1-6-38-11-9-20(10-12-38)23(17-40-5)21-7-8-27(33-15-21)36-30-34-16-25(32)28(37-30)22-13-24(31)29-26(14-22)39(18(2)3)19(4)35-29/h7-8,13-16,18,20,23H,6,9-12,17H2,1-5H3,(H,33,34,36,37). The van der Waals surface area contributed by atoms with Crippen LogP contribution in [0.2, 0.25) is 0 Å². The van der Waals surface area contributed by atoms with E-state index in [2.05, 4.69) is 37.1 Å². The van der Waals surface area contributed by atoms with Gasteiger partial charge in [-0.25, -0.2) is 28.7 Å². The van der Waals surface area contributed by atoms with Crippen molar-refractivity contribution in [2.24, 2.45) is 5.92 Å². The Labute approximate surface area is 233 Å². The van der Waals surface area contributed by atoms with Gasteiger partial charge < -0.3 is 19.5 Å². The molecule has 0 spiro atoms. The van der Waals surface area contributed by atoms with Crippen LogP contribution < -0.4 is 5.32 Å². The van der Waals surface area contributed by atoms with Gasteiger partial charge >= 0.3 is 0 Å². The lowest BCUT2D eigenvalue weighted by Crippen LogP contribution is -2.36. The summed E-state index contributed by atoms with van der Waals surface area (Å²) in [6.07, 6.45) is 5.22. The second-order valence-electron chi connectivity index (χ2n) is 10.8. The van der Waals surface area contributed by atoms with E-state index in [4.69, 9.17) is 4.74 Å².